The van der Waals surface area contributed by atoms with Crippen LogP contribution < -0.4 is 15.6 Å². The fourth-order valence-electron chi connectivity index (χ4n) is 4.10. The standard InChI is InChI=1S/C24H27FN4O6/c1-3-16-12-34-13-17-22-27-20(21(31)24(33)29(16)22)23(32)26-11-14-7-8-15(25)10-18(14)35-9-5-4-6-19(30)28(17)2/h4,6-8,10,16-17,31H,3,5,9,11-13H2,1-2H3,(H,26,32)/b6-4+. The Kier molecular flexibility index (Phi) is 7.15. The summed E-state index contributed by atoms with van der Waals surface area (Å²) in [4.78, 5) is 44.8. The molecule has 0 radical (unpaired) electrons. The topological polar surface area (TPSA) is 123 Å². The second kappa shape index (κ2) is 10.3. The zero-order valence-corrected chi connectivity index (χ0v) is 19.5. The lowest BCUT2D eigenvalue weighted by molar-refractivity contribution is -0.128. The van der Waals surface area contributed by atoms with Gasteiger partial charge >= 0.3 is 0 Å². The van der Waals surface area contributed by atoms with Crippen LogP contribution in [0.2, 0.25) is 0 Å². The zero-order valence-electron chi connectivity index (χ0n) is 19.5. The average molecular weight is 487 g/mol. The summed E-state index contributed by atoms with van der Waals surface area (Å²) in [5, 5.41) is 13.2. The molecular formula is C24H27FN4O6. The minimum atomic E-state index is -0.795. The van der Waals surface area contributed by atoms with Crippen molar-refractivity contribution >= 4 is 11.8 Å². The maximum Gasteiger partial charge on any atom is 0.296 e. The van der Waals surface area contributed by atoms with Crippen LogP contribution in [0.3, 0.4) is 0 Å². The molecule has 2 N–H and O–H groups in total. The summed E-state index contributed by atoms with van der Waals surface area (Å²) < 4.78 is 26.5. The van der Waals surface area contributed by atoms with Gasteiger partial charge in [-0.15, -0.1) is 0 Å². The molecule has 2 bridgehead atoms. The quantitative estimate of drug-likeness (QED) is 0.631. The third kappa shape index (κ3) is 4.90. The van der Waals surface area contributed by atoms with Gasteiger partial charge in [-0.05, 0) is 25.0 Å². The van der Waals surface area contributed by atoms with E-state index in [1.165, 1.54) is 33.7 Å². The number of aromatic nitrogens is 2. The van der Waals surface area contributed by atoms with Gasteiger partial charge < -0.3 is 24.8 Å². The summed E-state index contributed by atoms with van der Waals surface area (Å²) in [6.45, 7) is 2.25. The first-order valence-corrected chi connectivity index (χ1v) is 11.4. The molecule has 2 aliphatic rings. The van der Waals surface area contributed by atoms with Crippen LogP contribution in [0.5, 0.6) is 11.5 Å². The normalized spacial score (nSPS) is 22.0. The van der Waals surface area contributed by atoms with Crippen LogP contribution in [-0.4, -0.2) is 58.2 Å². The van der Waals surface area contributed by atoms with Gasteiger partial charge in [-0.2, -0.15) is 0 Å². The van der Waals surface area contributed by atoms with Crippen LogP contribution in [0.1, 0.15) is 53.7 Å². The number of carbonyl (C=O) groups excluding carboxylic acids is 2. The Morgan fingerprint density at radius 3 is 2.83 bits per heavy atom. The number of fused-ring (bicyclic) bond motifs is 2. The van der Waals surface area contributed by atoms with Gasteiger partial charge in [0.25, 0.3) is 11.5 Å². The van der Waals surface area contributed by atoms with Crippen molar-refractivity contribution < 1.29 is 28.6 Å². The Morgan fingerprint density at radius 2 is 2.06 bits per heavy atom. The number of rotatable bonds is 1. The fraction of sp³-hybridized carbons (Fsp3) is 0.417. The number of halogens is 1. The minimum absolute atomic E-state index is 0.0493. The van der Waals surface area contributed by atoms with Crippen LogP contribution in [0.4, 0.5) is 4.39 Å². The third-order valence-corrected chi connectivity index (χ3v) is 6.14. The third-order valence-electron chi connectivity index (χ3n) is 6.14. The molecule has 1 aromatic heterocycles. The van der Waals surface area contributed by atoms with Crippen molar-refractivity contribution in [2.24, 2.45) is 0 Å². The molecule has 2 aliphatic heterocycles. The SMILES string of the molecule is CCC1COCC2c3nc(c(O)c(=O)n31)C(=O)NCc1ccc(F)cc1OCC/C=C/C(=O)N2C. The molecule has 0 aliphatic carbocycles. The summed E-state index contributed by atoms with van der Waals surface area (Å²) in [7, 11) is 1.55. The van der Waals surface area contributed by atoms with Gasteiger partial charge in [-0.25, -0.2) is 9.37 Å². The van der Waals surface area contributed by atoms with Crippen LogP contribution in [-0.2, 0) is 16.1 Å². The molecule has 186 valence electrons. The van der Waals surface area contributed by atoms with Gasteiger partial charge in [0.15, 0.2) is 5.69 Å². The number of hydrogen-bond acceptors (Lipinski definition) is 7. The number of nitrogens with zero attached hydrogens (tertiary/aromatic N) is 3. The van der Waals surface area contributed by atoms with Crippen LogP contribution >= 0.6 is 0 Å². The van der Waals surface area contributed by atoms with Gasteiger partial charge in [-0.1, -0.05) is 19.1 Å². The van der Waals surface area contributed by atoms with Crippen LogP contribution in [0.15, 0.2) is 35.1 Å². The molecule has 3 heterocycles. The second-order valence-electron chi connectivity index (χ2n) is 8.38. The molecule has 0 saturated heterocycles. The highest BCUT2D eigenvalue weighted by atomic mass is 19.1. The van der Waals surface area contributed by atoms with E-state index in [-0.39, 0.29) is 43.8 Å². The number of carbonyl (C=O) groups is 2. The lowest BCUT2D eigenvalue weighted by Gasteiger charge is -2.27. The van der Waals surface area contributed by atoms with Crippen LogP contribution in [0, 0.1) is 5.82 Å². The van der Waals surface area contributed by atoms with E-state index in [0.29, 0.717) is 18.4 Å². The average Bonchev–Trinajstić information content (AvgIpc) is 3.03. The molecule has 0 spiro atoms. The van der Waals surface area contributed by atoms with E-state index in [1.807, 2.05) is 6.92 Å². The molecule has 2 unspecified atom stereocenters. The number of nitrogens with one attached hydrogen (secondary N) is 1. The highest BCUT2D eigenvalue weighted by Crippen LogP contribution is 2.28. The predicted molar refractivity (Wildman–Crippen MR) is 123 cm³/mol. The van der Waals surface area contributed by atoms with Gasteiger partial charge in [-0.3, -0.25) is 19.0 Å². The lowest BCUT2D eigenvalue weighted by Crippen LogP contribution is -2.39. The Hall–Kier alpha value is -3.73. The van der Waals surface area contributed by atoms with E-state index < -0.39 is 40.8 Å². The molecule has 35 heavy (non-hydrogen) atoms. The molecule has 11 heteroatoms. The summed E-state index contributed by atoms with van der Waals surface area (Å²) in [5.41, 5.74) is -0.753. The monoisotopic (exact) mass is 486 g/mol. The summed E-state index contributed by atoms with van der Waals surface area (Å²) in [5.74, 6) is -2.08. The zero-order chi connectivity index (χ0) is 25.1. The molecule has 2 aromatic rings. The van der Waals surface area contributed by atoms with Crippen molar-refractivity contribution in [1.82, 2.24) is 19.8 Å². The molecule has 1 aromatic carbocycles. The highest BCUT2D eigenvalue weighted by molar-refractivity contribution is 5.94. The summed E-state index contributed by atoms with van der Waals surface area (Å²) in [6, 6.07) is 2.72. The predicted octanol–water partition coefficient (Wildman–Crippen LogP) is 1.84. The first-order chi connectivity index (χ1) is 16.8. The van der Waals surface area contributed by atoms with Crippen molar-refractivity contribution in [1.29, 1.82) is 0 Å². The number of ether oxygens (including phenoxy) is 2. The smallest absolute Gasteiger partial charge is 0.296 e. The number of likely N-dealkylation sites (N-methyl/N-ethyl adjacent to an activating group) is 1. The molecule has 4 rings (SSSR count). The van der Waals surface area contributed by atoms with E-state index in [4.69, 9.17) is 9.47 Å². The Labute approximate surface area is 201 Å². The van der Waals surface area contributed by atoms with Crippen molar-refractivity contribution in [3.05, 3.63) is 63.6 Å². The fourth-order valence-corrected chi connectivity index (χ4v) is 4.10. The Morgan fingerprint density at radius 1 is 1.26 bits per heavy atom. The first-order valence-electron chi connectivity index (χ1n) is 11.4. The number of amides is 2. The van der Waals surface area contributed by atoms with Crippen molar-refractivity contribution in [3.63, 3.8) is 0 Å². The van der Waals surface area contributed by atoms with E-state index >= 15 is 0 Å². The van der Waals surface area contributed by atoms with Crippen LogP contribution in [0.25, 0.3) is 0 Å². The molecule has 2 amide bonds. The largest absolute Gasteiger partial charge is 0.501 e. The van der Waals surface area contributed by atoms with Gasteiger partial charge in [0.2, 0.25) is 11.7 Å². The van der Waals surface area contributed by atoms with Gasteiger partial charge in [0, 0.05) is 25.2 Å². The van der Waals surface area contributed by atoms with Crippen molar-refractivity contribution in [2.45, 2.75) is 38.4 Å². The van der Waals surface area contributed by atoms with E-state index in [2.05, 4.69) is 10.3 Å². The number of hydrogen-bond donors (Lipinski definition) is 2. The Bertz CT molecular complexity index is 1230. The molecule has 0 fully saturated rings. The number of benzene rings is 1. The maximum atomic E-state index is 13.8. The Balaban J connectivity index is 1.84. The minimum Gasteiger partial charge on any atom is -0.501 e. The molecule has 10 nitrogen and oxygen atoms in total. The van der Waals surface area contributed by atoms with E-state index in [9.17, 15) is 23.9 Å². The van der Waals surface area contributed by atoms with E-state index in [0.717, 1.165) is 0 Å². The second-order valence-corrected chi connectivity index (χ2v) is 8.38. The van der Waals surface area contributed by atoms with Crippen molar-refractivity contribution in [3.8, 4) is 11.5 Å². The summed E-state index contributed by atoms with van der Waals surface area (Å²) >= 11 is 0. The number of aromatic hydroxyl groups is 1. The highest BCUT2D eigenvalue weighted by Gasteiger charge is 2.34. The first kappa shape index (κ1) is 24.4. The summed E-state index contributed by atoms with van der Waals surface area (Å²) in [6.07, 6.45) is 3.91. The lowest BCUT2D eigenvalue weighted by atomic mass is 10.1. The van der Waals surface area contributed by atoms with Gasteiger partial charge in [0.1, 0.15) is 23.4 Å². The molecule has 0 saturated carbocycles. The van der Waals surface area contributed by atoms with E-state index in [1.54, 1.807) is 13.1 Å². The van der Waals surface area contributed by atoms with Gasteiger partial charge in [0.05, 0.1) is 25.9 Å². The molecule has 2 atom stereocenters. The maximum absolute atomic E-state index is 13.8. The van der Waals surface area contributed by atoms with Crippen molar-refractivity contribution in [2.75, 3.05) is 26.9 Å². The molecular weight excluding hydrogens is 459 g/mol.